The Morgan fingerprint density at radius 1 is 1.21 bits per heavy atom. The molecule has 0 aromatic rings. The first-order valence-electron chi connectivity index (χ1n) is 5.49. The number of rotatable bonds is 2. The summed E-state index contributed by atoms with van der Waals surface area (Å²) in [4.78, 5) is 0. The third-order valence-electron chi connectivity index (χ3n) is 2.12. The summed E-state index contributed by atoms with van der Waals surface area (Å²) >= 11 is 0. The van der Waals surface area contributed by atoms with Crippen molar-refractivity contribution >= 4 is 0 Å². The van der Waals surface area contributed by atoms with Crippen LogP contribution in [-0.2, 0) is 0 Å². The number of hydrogen-bond donors (Lipinski definition) is 1. The van der Waals surface area contributed by atoms with Gasteiger partial charge >= 0.3 is 0 Å². The van der Waals surface area contributed by atoms with Crippen LogP contribution in [0.4, 0.5) is 0 Å². The van der Waals surface area contributed by atoms with E-state index in [4.69, 9.17) is 0 Å². The van der Waals surface area contributed by atoms with Crippen LogP contribution in [0, 0.1) is 5.92 Å². The Kier molecular flexibility index (Phi) is 6.91. The molecule has 1 heteroatoms. The monoisotopic (exact) mass is 193 g/mol. The van der Waals surface area contributed by atoms with Crippen LogP contribution in [0.3, 0.4) is 0 Å². The molecule has 0 aromatic carbocycles. The van der Waals surface area contributed by atoms with Gasteiger partial charge < -0.3 is 5.32 Å². The molecule has 0 amide bonds. The van der Waals surface area contributed by atoms with Crippen molar-refractivity contribution in [2.75, 3.05) is 7.05 Å². The van der Waals surface area contributed by atoms with Crippen molar-refractivity contribution in [1.82, 2.24) is 5.32 Å². The fourth-order valence-corrected chi connectivity index (χ4v) is 1.43. The number of allylic oxidation sites excluding steroid dienone is 5. The smallest absolute Gasteiger partial charge is 0.0178 e. The quantitative estimate of drug-likeness (QED) is 0.705. The molecule has 0 aliphatic heterocycles. The van der Waals surface area contributed by atoms with Gasteiger partial charge in [0.2, 0.25) is 0 Å². The van der Waals surface area contributed by atoms with E-state index >= 15 is 0 Å². The summed E-state index contributed by atoms with van der Waals surface area (Å²) in [6.45, 7) is 8.45. The Labute approximate surface area is 88.6 Å². The van der Waals surface area contributed by atoms with Gasteiger partial charge in [0.1, 0.15) is 0 Å². The van der Waals surface area contributed by atoms with Crippen molar-refractivity contribution in [2.24, 2.45) is 5.92 Å². The van der Waals surface area contributed by atoms with E-state index in [1.807, 2.05) is 20.9 Å². The Hall–Kier alpha value is -0.980. The molecule has 1 N–H and O–H groups in total. The molecule has 1 aliphatic carbocycles. The lowest BCUT2D eigenvalue weighted by atomic mass is 10.00. The molecule has 0 saturated carbocycles. The lowest BCUT2D eigenvalue weighted by molar-refractivity contribution is 0.752. The minimum absolute atomic E-state index is 0.601. The average Bonchev–Trinajstić information content (AvgIpc) is 2.45. The normalized spacial score (nSPS) is 15.0. The summed E-state index contributed by atoms with van der Waals surface area (Å²) in [6.07, 6.45) is 9.61. The first-order chi connectivity index (χ1) is 6.75. The van der Waals surface area contributed by atoms with Gasteiger partial charge in [0.25, 0.3) is 0 Å². The van der Waals surface area contributed by atoms with Crippen molar-refractivity contribution in [1.29, 1.82) is 0 Å². The zero-order chi connectivity index (χ0) is 11.0. The highest BCUT2D eigenvalue weighted by molar-refractivity contribution is 5.32. The van der Waals surface area contributed by atoms with Crippen molar-refractivity contribution in [3.63, 3.8) is 0 Å². The summed E-state index contributed by atoms with van der Waals surface area (Å²) in [7, 11) is 1.99. The van der Waals surface area contributed by atoms with Gasteiger partial charge in [-0.3, -0.25) is 0 Å². The molecule has 0 saturated heterocycles. The maximum atomic E-state index is 3.25. The zero-order valence-electron chi connectivity index (χ0n) is 10.1. The predicted molar refractivity (Wildman–Crippen MR) is 65.2 cm³/mol. The molecule has 0 unspecified atom stereocenters. The average molecular weight is 193 g/mol. The van der Waals surface area contributed by atoms with Crippen LogP contribution in [0.15, 0.2) is 35.6 Å². The summed E-state index contributed by atoms with van der Waals surface area (Å²) in [5.74, 6) is 0.601. The van der Waals surface area contributed by atoms with Crippen LogP contribution in [0.5, 0.6) is 0 Å². The van der Waals surface area contributed by atoms with Gasteiger partial charge in [-0.2, -0.15) is 0 Å². The standard InChI is InChI=1S/C11H17N.C2H6/c1-9(2)10-7-5-4-6-8-11(10)12-3;1-2/h4-7,9,12H,8H2,1-3H3;1-2H3. The molecule has 0 fully saturated rings. The summed E-state index contributed by atoms with van der Waals surface area (Å²) < 4.78 is 0. The third kappa shape index (κ3) is 3.82. The molecule has 14 heavy (non-hydrogen) atoms. The van der Waals surface area contributed by atoms with Crippen molar-refractivity contribution in [3.8, 4) is 0 Å². The molecule has 0 atom stereocenters. The van der Waals surface area contributed by atoms with Crippen LogP contribution in [0.2, 0.25) is 0 Å². The molecule has 0 aromatic heterocycles. The summed E-state index contributed by atoms with van der Waals surface area (Å²) in [5, 5.41) is 3.25. The highest BCUT2D eigenvalue weighted by Crippen LogP contribution is 2.19. The van der Waals surface area contributed by atoms with E-state index in [1.165, 1.54) is 11.3 Å². The zero-order valence-corrected chi connectivity index (χ0v) is 10.1. The molecule has 0 bridgehead atoms. The van der Waals surface area contributed by atoms with E-state index in [0.717, 1.165) is 6.42 Å². The van der Waals surface area contributed by atoms with Crippen molar-refractivity contribution in [3.05, 3.63) is 35.6 Å². The van der Waals surface area contributed by atoms with Gasteiger partial charge in [0.15, 0.2) is 0 Å². The minimum atomic E-state index is 0.601. The molecule has 0 heterocycles. The molecule has 80 valence electrons. The lowest BCUT2D eigenvalue weighted by Crippen LogP contribution is -2.10. The second-order valence-electron chi connectivity index (χ2n) is 3.33. The maximum absolute atomic E-state index is 3.25. The number of hydrogen-bond acceptors (Lipinski definition) is 1. The molecular weight excluding hydrogens is 170 g/mol. The first kappa shape index (κ1) is 13.0. The highest BCUT2D eigenvalue weighted by atomic mass is 14.8. The Balaban J connectivity index is 0.000000791. The first-order valence-corrected chi connectivity index (χ1v) is 5.49. The van der Waals surface area contributed by atoms with Crippen LogP contribution in [-0.4, -0.2) is 7.05 Å². The topological polar surface area (TPSA) is 12.0 Å². The Morgan fingerprint density at radius 2 is 1.86 bits per heavy atom. The predicted octanol–water partition coefficient (Wildman–Crippen LogP) is 3.66. The highest BCUT2D eigenvalue weighted by Gasteiger charge is 2.06. The van der Waals surface area contributed by atoms with E-state index in [9.17, 15) is 0 Å². The maximum Gasteiger partial charge on any atom is 0.0178 e. The fourth-order valence-electron chi connectivity index (χ4n) is 1.43. The molecular formula is C13H23N. The van der Waals surface area contributed by atoms with E-state index in [1.54, 1.807) is 0 Å². The van der Waals surface area contributed by atoms with Gasteiger partial charge in [-0.15, -0.1) is 0 Å². The molecule has 0 spiro atoms. The SMILES string of the molecule is CC.CNC1=C(C(C)C)C=CC=CC1. The van der Waals surface area contributed by atoms with Crippen LogP contribution >= 0.6 is 0 Å². The van der Waals surface area contributed by atoms with Gasteiger partial charge in [-0.1, -0.05) is 52.0 Å². The summed E-state index contributed by atoms with van der Waals surface area (Å²) in [6, 6.07) is 0. The summed E-state index contributed by atoms with van der Waals surface area (Å²) in [5.41, 5.74) is 2.76. The van der Waals surface area contributed by atoms with E-state index < -0.39 is 0 Å². The van der Waals surface area contributed by atoms with Gasteiger partial charge in [0, 0.05) is 19.2 Å². The minimum Gasteiger partial charge on any atom is -0.391 e. The van der Waals surface area contributed by atoms with Gasteiger partial charge in [-0.25, -0.2) is 0 Å². The molecule has 1 aliphatic rings. The Morgan fingerprint density at radius 3 is 2.36 bits per heavy atom. The lowest BCUT2D eigenvalue weighted by Gasteiger charge is -2.12. The second kappa shape index (κ2) is 7.43. The Bertz CT molecular complexity index is 232. The largest absolute Gasteiger partial charge is 0.391 e. The van der Waals surface area contributed by atoms with Crippen LogP contribution < -0.4 is 5.32 Å². The fraction of sp³-hybridized carbons (Fsp3) is 0.538. The van der Waals surface area contributed by atoms with Crippen molar-refractivity contribution < 1.29 is 0 Å². The second-order valence-corrected chi connectivity index (χ2v) is 3.33. The molecule has 0 radical (unpaired) electrons. The van der Waals surface area contributed by atoms with Crippen LogP contribution in [0.25, 0.3) is 0 Å². The van der Waals surface area contributed by atoms with Gasteiger partial charge in [0.05, 0.1) is 0 Å². The number of nitrogens with one attached hydrogen (secondary N) is 1. The van der Waals surface area contributed by atoms with Crippen LogP contribution in [0.1, 0.15) is 34.1 Å². The molecule has 1 rings (SSSR count). The van der Waals surface area contributed by atoms with E-state index in [2.05, 4.69) is 43.5 Å². The van der Waals surface area contributed by atoms with Crippen molar-refractivity contribution in [2.45, 2.75) is 34.1 Å². The van der Waals surface area contributed by atoms with E-state index in [0.29, 0.717) is 5.92 Å². The van der Waals surface area contributed by atoms with Gasteiger partial charge in [-0.05, 0) is 11.5 Å². The van der Waals surface area contributed by atoms with E-state index in [-0.39, 0.29) is 0 Å². The third-order valence-corrected chi connectivity index (χ3v) is 2.12. The molecule has 1 nitrogen and oxygen atoms in total.